The Bertz CT molecular complexity index is 315. The van der Waals surface area contributed by atoms with Crippen LogP contribution in [0, 0.1) is 29.1 Å². The number of rotatable bonds is 0. The molecular weight excluding hydrogens is 206 g/mol. The Morgan fingerprint density at radius 1 is 0.882 bits per heavy atom. The standard InChI is InChI=1S/C16H27N/c1-15(2)9-16(10-17(15)3)13-5-11-4-12(7-13)8-14(16)6-11/h11-14H,4-10H2,1-3H3. The lowest BCUT2D eigenvalue weighted by atomic mass is 9.44. The van der Waals surface area contributed by atoms with E-state index in [0.717, 1.165) is 29.1 Å². The fraction of sp³-hybridized carbons (Fsp3) is 1.00. The fourth-order valence-corrected chi connectivity index (χ4v) is 6.32. The van der Waals surface area contributed by atoms with Crippen molar-refractivity contribution in [3.05, 3.63) is 0 Å². The lowest BCUT2D eigenvalue weighted by Gasteiger charge is -2.60. The summed E-state index contributed by atoms with van der Waals surface area (Å²) in [5.41, 5.74) is 1.18. The zero-order valence-electron chi connectivity index (χ0n) is 11.7. The lowest BCUT2D eigenvalue weighted by Crippen LogP contribution is -2.53. The molecule has 1 saturated heterocycles. The van der Waals surface area contributed by atoms with Crippen LogP contribution in [-0.2, 0) is 0 Å². The van der Waals surface area contributed by atoms with Gasteiger partial charge in [-0.15, -0.1) is 0 Å². The van der Waals surface area contributed by atoms with E-state index in [1.807, 2.05) is 0 Å². The van der Waals surface area contributed by atoms with Crippen molar-refractivity contribution in [1.29, 1.82) is 0 Å². The first kappa shape index (κ1) is 10.8. The highest BCUT2D eigenvalue weighted by Gasteiger charge is 2.61. The molecule has 0 amide bonds. The summed E-state index contributed by atoms with van der Waals surface area (Å²) in [5.74, 6) is 4.42. The predicted molar refractivity (Wildman–Crippen MR) is 70.8 cm³/mol. The monoisotopic (exact) mass is 233 g/mol. The maximum Gasteiger partial charge on any atom is 0.0156 e. The minimum absolute atomic E-state index is 0.454. The summed E-state index contributed by atoms with van der Waals surface area (Å²) < 4.78 is 0. The van der Waals surface area contributed by atoms with E-state index in [9.17, 15) is 0 Å². The third-order valence-corrected chi connectivity index (χ3v) is 7.09. The smallest absolute Gasteiger partial charge is 0.0156 e. The second kappa shape index (κ2) is 3.10. The molecule has 1 nitrogen and oxygen atoms in total. The van der Waals surface area contributed by atoms with Crippen LogP contribution in [0.5, 0.6) is 0 Å². The fourth-order valence-electron chi connectivity index (χ4n) is 6.32. The Morgan fingerprint density at radius 2 is 1.41 bits per heavy atom. The number of likely N-dealkylation sites (tertiary alicyclic amines) is 1. The van der Waals surface area contributed by atoms with Crippen molar-refractivity contribution in [1.82, 2.24) is 4.90 Å². The zero-order chi connectivity index (χ0) is 11.8. The van der Waals surface area contributed by atoms with E-state index in [1.165, 1.54) is 13.0 Å². The Morgan fingerprint density at radius 3 is 1.82 bits per heavy atom. The summed E-state index contributed by atoms with van der Waals surface area (Å²) in [6, 6.07) is 0. The molecule has 4 bridgehead atoms. The van der Waals surface area contributed by atoms with Crippen molar-refractivity contribution < 1.29 is 0 Å². The Hall–Kier alpha value is -0.0400. The molecule has 0 atom stereocenters. The number of hydrogen-bond acceptors (Lipinski definition) is 1. The lowest BCUT2D eigenvalue weighted by molar-refractivity contribution is -0.102. The van der Waals surface area contributed by atoms with Gasteiger partial charge in [0, 0.05) is 12.1 Å². The molecule has 0 aromatic carbocycles. The largest absolute Gasteiger partial charge is 0.301 e. The molecule has 1 spiro atoms. The Kier molecular flexibility index (Phi) is 1.98. The van der Waals surface area contributed by atoms with Crippen LogP contribution in [0.15, 0.2) is 0 Å². The van der Waals surface area contributed by atoms with Gasteiger partial charge in [0.2, 0.25) is 0 Å². The van der Waals surface area contributed by atoms with Gasteiger partial charge in [0.25, 0.3) is 0 Å². The van der Waals surface area contributed by atoms with Gasteiger partial charge in [-0.3, -0.25) is 0 Å². The van der Waals surface area contributed by atoms with Crippen molar-refractivity contribution in [2.24, 2.45) is 29.1 Å². The van der Waals surface area contributed by atoms with Crippen LogP contribution in [0.1, 0.15) is 52.4 Å². The summed E-state index contributed by atoms with van der Waals surface area (Å²) in [5, 5.41) is 0. The second-order valence-electron chi connectivity index (χ2n) is 8.38. The highest BCUT2D eigenvalue weighted by Crippen LogP contribution is 2.66. The average molecular weight is 233 g/mol. The van der Waals surface area contributed by atoms with Gasteiger partial charge in [0.15, 0.2) is 0 Å². The first-order chi connectivity index (χ1) is 7.99. The molecule has 0 aromatic heterocycles. The van der Waals surface area contributed by atoms with Crippen LogP contribution in [0.3, 0.4) is 0 Å². The van der Waals surface area contributed by atoms with Crippen molar-refractivity contribution >= 4 is 0 Å². The molecule has 5 aliphatic rings. The molecule has 1 heteroatoms. The molecule has 17 heavy (non-hydrogen) atoms. The van der Waals surface area contributed by atoms with E-state index in [2.05, 4.69) is 25.8 Å². The Labute approximate surface area is 106 Å². The molecule has 0 aromatic rings. The minimum Gasteiger partial charge on any atom is -0.301 e. The third kappa shape index (κ3) is 1.30. The molecule has 0 N–H and O–H groups in total. The molecular formula is C16H27N. The summed E-state index contributed by atoms with van der Waals surface area (Å²) in [6.45, 7) is 6.33. The third-order valence-electron chi connectivity index (χ3n) is 7.09. The van der Waals surface area contributed by atoms with Gasteiger partial charge in [-0.2, -0.15) is 0 Å². The van der Waals surface area contributed by atoms with Crippen molar-refractivity contribution in [2.75, 3.05) is 13.6 Å². The topological polar surface area (TPSA) is 3.24 Å². The van der Waals surface area contributed by atoms with E-state index < -0.39 is 0 Å². The molecule has 1 aliphatic heterocycles. The van der Waals surface area contributed by atoms with Gasteiger partial charge < -0.3 is 4.90 Å². The molecule has 4 saturated carbocycles. The van der Waals surface area contributed by atoms with E-state index in [0.29, 0.717) is 5.54 Å². The van der Waals surface area contributed by atoms with Gasteiger partial charge >= 0.3 is 0 Å². The van der Waals surface area contributed by atoms with Crippen LogP contribution in [0.2, 0.25) is 0 Å². The zero-order valence-corrected chi connectivity index (χ0v) is 11.7. The second-order valence-corrected chi connectivity index (χ2v) is 8.38. The normalized spacial score (nSPS) is 55.9. The quantitative estimate of drug-likeness (QED) is 0.618. The summed E-state index contributed by atoms with van der Waals surface area (Å²) in [4.78, 5) is 2.66. The van der Waals surface area contributed by atoms with E-state index in [1.54, 1.807) is 32.1 Å². The first-order valence-electron chi connectivity index (χ1n) is 7.71. The minimum atomic E-state index is 0.454. The summed E-state index contributed by atoms with van der Waals surface area (Å²) >= 11 is 0. The summed E-state index contributed by atoms with van der Waals surface area (Å²) in [6.07, 6.45) is 9.38. The first-order valence-corrected chi connectivity index (χ1v) is 7.71. The van der Waals surface area contributed by atoms with Crippen LogP contribution < -0.4 is 0 Å². The van der Waals surface area contributed by atoms with Gasteiger partial charge in [-0.25, -0.2) is 0 Å². The molecule has 0 unspecified atom stereocenters. The molecule has 1 heterocycles. The maximum absolute atomic E-state index is 2.66. The average Bonchev–Trinajstić information content (AvgIpc) is 2.47. The maximum atomic E-state index is 2.66. The van der Waals surface area contributed by atoms with Crippen molar-refractivity contribution in [3.8, 4) is 0 Å². The highest BCUT2D eigenvalue weighted by molar-refractivity contribution is 5.13. The van der Waals surface area contributed by atoms with Crippen molar-refractivity contribution in [3.63, 3.8) is 0 Å². The SMILES string of the molecule is CN1CC2(CC1(C)C)C1CC3CC(C1)CC2C3. The number of hydrogen-bond donors (Lipinski definition) is 0. The summed E-state index contributed by atoms with van der Waals surface area (Å²) in [7, 11) is 2.36. The van der Waals surface area contributed by atoms with Gasteiger partial charge in [-0.05, 0) is 88.5 Å². The van der Waals surface area contributed by atoms with E-state index >= 15 is 0 Å². The van der Waals surface area contributed by atoms with Gasteiger partial charge in [0.1, 0.15) is 0 Å². The molecule has 4 aliphatic carbocycles. The van der Waals surface area contributed by atoms with Crippen molar-refractivity contribution in [2.45, 2.75) is 57.9 Å². The van der Waals surface area contributed by atoms with Crippen LogP contribution in [0.25, 0.3) is 0 Å². The Balaban J connectivity index is 1.71. The van der Waals surface area contributed by atoms with E-state index in [-0.39, 0.29) is 0 Å². The van der Waals surface area contributed by atoms with Crippen LogP contribution in [0.4, 0.5) is 0 Å². The van der Waals surface area contributed by atoms with Crippen LogP contribution >= 0.6 is 0 Å². The van der Waals surface area contributed by atoms with E-state index in [4.69, 9.17) is 0 Å². The van der Waals surface area contributed by atoms with Gasteiger partial charge in [0.05, 0.1) is 0 Å². The molecule has 5 rings (SSSR count). The van der Waals surface area contributed by atoms with Crippen LogP contribution in [-0.4, -0.2) is 24.0 Å². The highest BCUT2D eigenvalue weighted by atomic mass is 15.2. The number of nitrogens with zero attached hydrogens (tertiary/aromatic N) is 1. The molecule has 96 valence electrons. The molecule has 0 radical (unpaired) electrons. The molecule has 5 fully saturated rings. The predicted octanol–water partition coefficient (Wildman–Crippen LogP) is 3.54. The van der Waals surface area contributed by atoms with Gasteiger partial charge in [-0.1, -0.05) is 0 Å².